The third-order valence-electron chi connectivity index (χ3n) is 7.14. The molecule has 0 radical (unpaired) electrons. The maximum absolute atomic E-state index is 14.9. The monoisotopic (exact) mass is 570 g/mol. The van der Waals surface area contributed by atoms with Crippen molar-refractivity contribution in [2.45, 2.75) is 29.1 Å². The zero-order valence-electron chi connectivity index (χ0n) is 21.5. The van der Waals surface area contributed by atoms with Crippen LogP contribution in [-0.2, 0) is 25.2 Å². The number of para-hydroxylation sites is 1. The van der Waals surface area contributed by atoms with E-state index >= 15 is 0 Å². The third kappa shape index (κ3) is 4.08. The van der Waals surface area contributed by atoms with Gasteiger partial charge in [-0.2, -0.15) is 12.7 Å². The molecule has 39 heavy (non-hydrogen) atoms. The summed E-state index contributed by atoms with van der Waals surface area (Å²) in [5.41, 5.74) is -1.26. The zero-order valence-corrected chi connectivity index (χ0v) is 23.1. The zero-order chi connectivity index (χ0) is 28.1. The molecule has 0 aliphatic carbocycles. The second kappa shape index (κ2) is 9.91. The summed E-state index contributed by atoms with van der Waals surface area (Å²) >= 11 is 6.46. The van der Waals surface area contributed by atoms with Gasteiger partial charge >= 0.3 is 0 Å². The molecule has 3 aromatic rings. The van der Waals surface area contributed by atoms with E-state index in [1.165, 1.54) is 48.5 Å². The van der Waals surface area contributed by atoms with Crippen LogP contribution in [0, 0.1) is 0 Å². The number of benzene rings is 2. The first-order valence-electron chi connectivity index (χ1n) is 12.2. The van der Waals surface area contributed by atoms with E-state index in [0.29, 0.717) is 11.3 Å². The molecule has 204 valence electrons. The van der Waals surface area contributed by atoms with Crippen LogP contribution in [0.25, 0.3) is 0 Å². The first-order valence-corrected chi connectivity index (χ1v) is 14.0. The number of ether oxygens (including phenoxy) is 1. The van der Waals surface area contributed by atoms with Gasteiger partial charge in [0.25, 0.3) is 15.9 Å². The number of likely N-dealkylation sites (tertiary alicyclic amines) is 1. The lowest BCUT2D eigenvalue weighted by molar-refractivity contribution is -0.138. The van der Waals surface area contributed by atoms with Crippen LogP contribution in [0.1, 0.15) is 17.5 Å². The summed E-state index contributed by atoms with van der Waals surface area (Å²) in [6, 6.07) is 14.6. The van der Waals surface area contributed by atoms with E-state index in [0.717, 1.165) is 4.31 Å². The highest BCUT2D eigenvalue weighted by atomic mass is 35.5. The smallest absolute Gasteiger partial charge is 0.288 e. The number of carbonyl (C=O) groups excluding carboxylic acids is 2. The van der Waals surface area contributed by atoms with E-state index in [2.05, 4.69) is 4.98 Å². The van der Waals surface area contributed by atoms with Gasteiger partial charge in [0.15, 0.2) is 10.6 Å². The van der Waals surface area contributed by atoms with E-state index < -0.39 is 33.6 Å². The number of hydrogen-bond donors (Lipinski definition) is 1. The molecule has 2 aliphatic rings. The minimum absolute atomic E-state index is 0.0457. The SMILES string of the molecule is COc1ccccc1C1(N2C[C@H](O)C[C@H]2C(=O)N(C)C)C(=O)N(S(=O)(=O)c2ccccn2)c2ccc(Cl)cc21. The van der Waals surface area contributed by atoms with Crippen LogP contribution in [0.15, 0.2) is 71.9 Å². The van der Waals surface area contributed by atoms with E-state index in [4.69, 9.17) is 16.3 Å². The fourth-order valence-electron chi connectivity index (χ4n) is 5.53. The summed E-state index contributed by atoms with van der Waals surface area (Å²) < 4.78 is 34.4. The Kier molecular flexibility index (Phi) is 6.88. The fraction of sp³-hybridized carbons (Fsp3) is 0.296. The second-order valence-corrected chi connectivity index (χ2v) is 11.8. The van der Waals surface area contributed by atoms with Crippen molar-refractivity contribution in [1.29, 1.82) is 0 Å². The molecule has 3 heterocycles. The molecule has 5 rings (SSSR count). The number of carbonyl (C=O) groups is 2. The molecule has 2 aliphatic heterocycles. The molecule has 3 atom stereocenters. The number of likely N-dealkylation sites (N-methyl/N-ethyl adjacent to an activating group) is 1. The van der Waals surface area contributed by atoms with E-state index in [1.54, 1.807) is 49.3 Å². The molecule has 1 saturated heterocycles. The molecule has 0 saturated carbocycles. The minimum atomic E-state index is -4.51. The topological polar surface area (TPSA) is 120 Å². The van der Waals surface area contributed by atoms with Crippen LogP contribution in [0.2, 0.25) is 5.02 Å². The second-order valence-electron chi connectivity index (χ2n) is 9.61. The maximum atomic E-state index is 14.9. The largest absolute Gasteiger partial charge is 0.496 e. The van der Waals surface area contributed by atoms with E-state index in [9.17, 15) is 23.1 Å². The Hall–Kier alpha value is -3.51. The summed E-state index contributed by atoms with van der Waals surface area (Å²) in [4.78, 5) is 35.3. The molecule has 1 aromatic heterocycles. The first-order chi connectivity index (χ1) is 18.5. The highest BCUT2D eigenvalue weighted by Gasteiger charge is 2.64. The molecule has 1 N–H and O–H groups in total. The summed E-state index contributed by atoms with van der Waals surface area (Å²) in [5.74, 6) is -0.907. The molecule has 12 heteroatoms. The number of fused-ring (bicyclic) bond motifs is 1. The highest BCUT2D eigenvalue weighted by molar-refractivity contribution is 7.93. The van der Waals surface area contributed by atoms with Gasteiger partial charge in [0, 0.05) is 43.0 Å². The van der Waals surface area contributed by atoms with Gasteiger partial charge in [-0.3, -0.25) is 14.5 Å². The molecule has 1 fully saturated rings. The van der Waals surface area contributed by atoms with Crippen molar-refractivity contribution < 1.29 is 27.9 Å². The Bertz CT molecular complexity index is 1550. The molecule has 1 unspecified atom stereocenters. The lowest BCUT2D eigenvalue weighted by atomic mass is 9.80. The van der Waals surface area contributed by atoms with Gasteiger partial charge in [0.2, 0.25) is 5.91 Å². The number of methoxy groups -OCH3 is 1. The Labute approximate surface area is 231 Å². The molecular weight excluding hydrogens is 544 g/mol. The van der Waals surface area contributed by atoms with Gasteiger partial charge in [0.1, 0.15) is 5.75 Å². The van der Waals surface area contributed by atoms with Crippen molar-refractivity contribution in [3.8, 4) is 5.75 Å². The molecule has 0 bridgehead atoms. The van der Waals surface area contributed by atoms with Crippen molar-refractivity contribution in [2.24, 2.45) is 0 Å². The van der Waals surface area contributed by atoms with Gasteiger partial charge in [-0.1, -0.05) is 35.9 Å². The molecular formula is C27H27ClN4O6S. The van der Waals surface area contributed by atoms with E-state index in [-0.39, 0.29) is 40.2 Å². The number of nitrogens with zero attached hydrogens (tertiary/aromatic N) is 4. The Balaban J connectivity index is 1.88. The quantitative estimate of drug-likeness (QED) is 0.479. The van der Waals surface area contributed by atoms with Crippen LogP contribution >= 0.6 is 11.6 Å². The normalized spacial score (nSPS) is 23.1. The molecule has 10 nitrogen and oxygen atoms in total. The van der Waals surface area contributed by atoms with Gasteiger partial charge < -0.3 is 14.7 Å². The maximum Gasteiger partial charge on any atom is 0.288 e. The lowest BCUT2D eigenvalue weighted by Gasteiger charge is -2.42. The summed E-state index contributed by atoms with van der Waals surface area (Å²) in [6.07, 6.45) is 0.415. The minimum Gasteiger partial charge on any atom is -0.496 e. The van der Waals surface area contributed by atoms with Crippen LogP contribution in [0.3, 0.4) is 0 Å². The number of sulfonamides is 1. The number of hydrogen-bond acceptors (Lipinski definition) is 8. The van der Waals surface area contributed by atoms with Gasteiger partial charge in [-0.05, 0) is 42.8 Å². The first kappa shape index (κ1) is 27.1. The van der Waals surface area contributed by atoms with Gasteiger partial charge in [-0.25, -0.2) is 4.98 Å². The fourth-order valence-corrected chi connectivity index (χ4v) is 7.10. The summed E-state index contributed by atoms with van der Waals surface area (Å²) in [7, 11) is 0.100. The predicted molar refractivity (Wildman–Crippen MR) is 144 cm³/mol. The lowest BCUT2D eigenvalue weighted by Crippen LogP contribution is -2.59. The van der Waals surface area contributed by atoms with E-state index in [1.807, 2.05) is 0 Å². The molecule has 0 spiro atoms. The highest BCUT2D eigenvalue weighted by Crippen LogP contribution is 2.54. The van der Waals surface area contributed by atoms with Crippen molar-refractivity contribution in [1.82, 2.24) is 14.8 Å². The van der Waals surface area contributed by atoms with Crippen molar-refractivity contribution in [3.63, 3.8) is 0 Å². The summed E-state index contributed by atoms with van der Waals surface area (Å²) in [5, 5.41) is 10.8. The number of rotatable bonds is 6. The van der Waals surface area contributed by atoms with Crippen LogP contribution in [-0.4, -0.2) is 80.0 Å². The number of anilines is 1. The van der Waals surface area contributed by atoms with Crippen molar-refractivity contribution >= 4 is 39.1 Å². The number of β-amino-alcohol motifs (C(OH)–C–C–N with tert-alkyl or cyclic N) is 1. The van der Waals surface area contributed by atoms with Crippen LogP contribution in [0.4, 0.5) is 5.69 Å². The molecule has 2 amide bonds. The Morgan fingerprint density at radius 1 is 1.13 bits per heavy atom. The van der Waals surface area contributed by atoms with Gasteiger partial charge in [0.05, 0.1) is 24.9 Å². The number of aliphatic hydroxyl groups excluding tert-OH is 1. The Morgan fingerprint density at radius 2 is 1.85 bits per heavy atom. The third-order valence-corrected chi connectivity index (χ3v) is 8.98. The standard InChI is InChI=1S/C27H27ClN4O6S/c1-30(2)25(34)22-15-18(33)16-31(22)27(19-8-4-5-9-23(19)38-3)20-14-17(28)11-12-21(20)32(26(27)35)39(36,37)24-10-6-7-13-29-24/h4-14,18,22,33H,15-16H2,1-3H3/t18-,22+,27?/m1/s1. The van der Waals surface area contributed by atoms with Gasteiger partial charge in [-0.15, -0.1) is 0 Å². The number of pyridine rings is 1. The molecule has 2 aromatic carbocycles. The number of aromatic nitrogens is 1. The van der Waals surface area contributed by atoms with Crippen LogP contribution < -0.4 is 9.04 Å². The predicted octanol–water partition coefficient (Wildman–Crippen LogP) is 2.25. The van der Waals surface area contributed by atoms with Crippen molar-refractivity contribution in [2.75, 3.05) is 32.1 Å². The van der Waals surface area contributed by atoms with Crippen molar-refractivity contribution in [3.05, 3.63) is 83.0 Å². The number of halogens is 1. The average Bonchev–Trinajstić information content (AvgIpc) is 3.43. The summed E-state index contributed by atoms with van der Waals surface area (Å²) in [6.45, 7) is -0.0859. The number of amides is 2. The average molecular weight is 571 g/mol. The number of aliphatic hydroxyl groups is 1. The van der Waals surface area contributed by atoms with Crippen LogP contribution in [0.5, 0.6) is 5.75 Å². The Morgan fingerprint density at radius 3 is 2.51 bits per heavy atom.